The molecule has 1 aliphatic rings. The van der Waals surface area contributed by atoms with Crippen LogP contribution in [-0.4, -0.2) is 30.6 Å². The summed E-state index contributed by atoms with van der Waals surface area (Å²) in [6.45, 7) is 1.97. The van der Waals surface area contributed by atoms with Crippen LogP contribution in [0.15, 0.2) is 30.3 Å². The predicted octanol–water partition coefficient (Wildman–Crippen LogP) is 3.60. The molecule has 2 rings (SSSR count). The maximum Gasteiger partial charge on any atom is 0.0328 e. The van der Waals surface area contributed by atoms with Crippen LogP contribution < -0.4 is 5.73 Å². The van der Waals surface area contributed by atoms with Crippen molar-refractivity contribution < 1.29 is 0 Å². The fraction of sp³-hybridized carbons (Fsp3) is 0.667. The van der Waals surface area contributed by atoms with Crippen LogP contribution >= 0.6 is 0 Å². The molecule has 20 heavy (non-hydrogen) atoms. The Morgan fingerprint density at radius 3 is 2.30 bits per heavy atom. The molecule has 2 N–H and O–H groups in total. The summed E-state index contributed by atoms with van der Waals surface area (Å²) in [5.74, 6) is 0. The first-order valence-corrected chi connectivity index (χ1v) is 8.22. The standard InChI is InChI=1S/C18H30N2/c1-20(15-9-12-17-10-5-4-6-11-17)18(16-19)13-7-2-3-8-14-18/h4-6,10-11H,2-3,7-9,12-16,19H2,1H3. The van der Waals surface area contributed by atoms with Gasteiger partial charge < -0.3 is 5.73 Å². The lowest BCUT2D eigenvalue weighted by molar-refractivity contribution is 0.106. The Hall–Kier alpha value is -0.860. The van der Waals surface area contributed by atoms with Gasteiger partial charge in [-0.25, -0.2) is 0 Å². The second kappa shape index (κ2) is 7.80. The number of aryl methyl sites for hydroxylation is 1. The quantitative estimate of drug-likeness (QED) is 0.803. The molecule has 0 spiro atoms. The summed E-state index contributed by atoms with van der Waals surface area (Å²) >= 11 is 0. The van der Waals surface area contributed by atoms with Crippen LogP contribution in [0.3, 0.4) is 0 Å². The van der Waals surface area contributed by atoms with Gasteiger partial charge in [0.1, 0.15) is 0 Å². The van der Waals surface area contributed by atoms with E-state index in [2.05, 4.69) is 42.3 Å². The minimum Gasteiger partial charge on any atom is -0.329 e. The molecule has 2 nitrogen and oxygen atoms in total. The maximum atomic E-state index is 6.15. The van der Waals surface area contributed by atoms with E-state index in [4.69, 9.17) is 5.73 Å². The predicted molar refractivity (Wildman–Crippen MR) is 86.9 cm³/mol. The van der Waals surface area contributed by atoms with E-state index in [0.717, 1.165) is 13.1 Å². The van der Waals surface area contributed by atoms with Crippen molar-refractivity contribution in [3.8, 4) is 0 Å². The molecule has 0 atom stereocenters. The van der Waals surface area contributed by atoms with Crippen LogP contribution in [0.5, 0.6) is 0 Å². The van der Waals surface area contributed by atoms with E-state index >= 15 is 0 Å². The lowest BCUT2D eigenvalue weighted by atomic mass is 9.88. The highest BCUT2D eigenvalue weighted by Gasteiger charge is 2.33. The molecule has 2 heteroatoms. The van der Waals surface area contributed by atoms with Gasteiger partial charge in [-0.1, -0.05) is 56.0 Å². The van der Waals surface area contributed by atoms with E-state index in [0.29, 0.717) is 0 Å². The van der Waals surface area contributed by atoms with Crippen molar-refractivity contribution in [2.75, 3.05) is 20.1 Å². The molecule has 1 aromatic rings. The van der Waals surface area contributed by atoms with Crippen LogP contribution in [0.25, 0.3) is 0 Å². The fourth-order valence-corrected chi connectivity index (χ4v) is 3.53. The van der Waals surface area contributed by atoms with Crippen molar-refractivity contribution in [1.82, 2.24) is 4.90 Å². The lowest BCUT2D eigenvalue weighted by Crippen LogP contribution is -2.52. The highest BCUT2D eigenvalue weighted by atomic mass is 15.2. The summed E-state index contributed by atoms with van der Waals surface area (Å²) in [7, 11) is 2.28. The number of nitrogens with two attached hydrogens (primary N) is 1. The molecule has 0 unspecified atom stereocenters. The molecule has 0 radical (unpaired) electrons. The Balaban J connectivity index is 1.84. The normalized spacial score (nSPS) is 18.9. The van der Waals surface area contributed by atoms with Gasteiger partial charge in [0.25, 0.3) is 0 Å². The minimum absolute atomic E-state index is 0.271. The highest BCUT2D eigenvalue weighted by molar-refractivity contribution is 5.14. The van der Waals surface area contributed by atoms with Gasteiger partial charge in [-0.05, 0) is 44.8 Å². The summed E-state index contributed by atoms with van der Waals surface area (Å²) in [5.41, 5.74) is 7.87. The topological polar surface area (TPSA) is 29.3 Å². The van der Waals surface area contributed by atoms with Gasteiger partial charge in [-0.2, -0.15) is 0 Å². The molecular formula is C18H30N2. The molecule has 0 bridgehead atoms. The molecule has 112 valence electrons. The molecule has 0 aliphatic heterocycles. The van der Waals surface area contributed by atoms with Gasteiger partial charge >= 0.3 is 0 Å². The highest BCUT2D eigenvalue weighted by Crippen LogP contribution is 2.31. The minimum atomic E-state index is 0.271. The molecule has 0 heterocycles. The molecule has 1 saturated carbocycles. The second-order valence-corrected chi connectivity index (χ2v) is 6.35. The smallest absolute Gasteiger partial charge is 0.0328 e. The number of hydrogen-bond donors (Lipinski definition) is 1. The van der Waals surface area contributed by atoms with Crippen molar-refractivity contribution in [3.63, 3.8) is 0 Å². The molecule has 0 aromatic heterocycles. The van der Waals surface area contributed by atoms with E-state index in [-0.39, 0.29) is 5.54 Å². The Bertz CT molecular complexity index is 366. The number of rotatable bonds is 6. The van der Waals surface area contributed by atoms with Crippen LogP contribution in [0.1, 0.15) is 50.5 Å². The average molecular weight is 274 g/mol. The summed E-state index contributed by atoms with van der Waals surface area (Å²) in [6.07, 6.45) is 10.4. The number of likely N-dealkylation sites (N-methyl/N-ethyl adjacent to an activating group) is 1. The van der Waals surface area contributed by atoms with E-state index in [1.165, 1.54) is 56.9 Å². The Morgan fingerprint density at radius 1 is 1.05 bits per heavy atom. The molecule has 0 amide bonds. The number of nitrogens with zero attached hydrogens (tertiary/aromatic N) is 1. The summed E-state index contributed by atoms with van der Waals surface area (Å²) in [6, 6.07) is 10.8. The summed E-state index contributed by atoms with van der Waals surface area (Å²) in [4.78, 5) is 2.56. The van der Waals surface area contributed by atoms with Crippen LogP contribution in [-0.2, 0) is 6.42 Å². The molecular weight excluding hydrogens is 244 g/mol. The second-order valence-electron chi connectivity index (χ2n) is 6.35. The third-order valence-corrected chi connectivity index (χ3v) is 5.03. The SMILES string of the molecule is CN(CCCc1ccccc1)C1(CN)CCCCCC1. The van der Waals surface area contributed by atoms with Crippen LogP contribution in [0.2, 0.25) is 0 Å². The molecule has 1 aromatic carbocycles. The van der Waals surface area contributed by atoms with Gasteiger partial charge in [0.15, 0.2) is 0 Å². The zero-order valence-electron chi connectivity index (χ0n) is 13.0. The molecule has 1 fully saturated rings. The lowest BCUT2D eigenvalue weighted by Gasteiger charge is -2.41. The van der Waals surface area contributed by atoms with Gasteiger partial charge in [-0.3, -0.25) is 4.90 Å². The van der Waals surface area contributed by atoms with Gasteiger partial charge in [0.2, 0.25) is 0 Å². The first-order chi connectivity index (χ1) is 9.77. The van der Waals surface area contributed by atoms with Gasteiger partial charge in [0.05, 0.1) is 0 Å². The molecule has 1 aliphatic carbocycles. The van der Waals surface area contributed by atoms with Gasteiger partial charge in [-0.15, -0.1) is 0 Å². The van der Waals surface area contributed by atoms with E-state index < -0.39 is 0 Å². The maximum absolute atomic E-state index is 6.15. The first kappa shape index (κ1) is 15.5. The largest absolute Gasteiger partial charge is 0.329 e. The zero-order chi connectivity index (χ0) is 14.3. The summed E-state index contributed by atoms with van der Waals surface area (Å²) < 4.78 is 0. The number of hydrogen-bond acceptors (Lipinski definition) is 2. The fourth-order valence-electron chi connectivity index (χ4n) is 3.53. The first-order valence-electron chi connectivity index (χ1n) is 8.22. The zero-order valence-corrected chi connectivity index (χ0v) is 13.0. The van der Waals surface area contributed by atoms with Crippen LogP contribution in [0.4, 0.5) is 0 Å². The summed E-state index contributed by atoms with van der Waals surface area (Å²) in [5, 5.41) is 0. The van der Waals surface area contributed by atoms with Crippen molar-refractivity contribution >= 4 is 0 Å². The number of benzene rings is 1. The van der Waals surface area contributed by atoms with Crippen LogP contribution in [0, 0.1) is 0 Å². The molecule has 0 saturated heterocycles. The Morgan fingerprint density at radius 2 is 1.70 bits per heavy atom. The third kappa shape index (κ3) is 4.07. The van der Waals surface area contributed by atoms with E-state index in [9.17, 15) is 0 Å². The van der Waals surface area contributed by atoms with Crippen molar-refractivity contribution in [2.24, 2.45) is 5.73 Å². The van der Waals surface area contributed by atoms with E-state index in [1.807, 2.05) is 0 Å². The average Bonchev–Trinajstić information content (AvgIpc) is 2.74. The Kier molecular flexibility index (Phi) is 6.06. The van der Waals surface area contributed by atoms with E-state index in [1.54, 1.807) is 0 Å². The Labute approximate surface area is 124 Å². The van der Waals surface area contributed by atoms with Gasteiger partial charge in [0, 0.05) is 12.1 Å². The third-order valence-electron chi connectivity index (χ3n) is 5.03. The van der Waals surface area contributed by atoms with Crippen molar-refractivity contribution in [1.29, 1.82) is 0 Å². The van der Waals surface area contributed by atoms with Crippen molar-refractivity contribution in [3.05, 3.63) is 35.9 Å². The van der Waals surface area contributed by atoms with Crippen molar-refractivity contribution in [2.45, 2.75) is 56.9 Å². The monoisotopic (exact) mass is 274 g/mol.